The van der Waals surface area contributed by atoms with Crippen LogP contribution >= 0.6 is 22.6 Å². The molecule has 1 fully saturated rings. The monoisotopic (exact) mass is 448 g/mol. The van der Waals surface area contributed by atoms with Crippen molar-refractivity contribution in [1.29, 1.82) is 5.26 Å². The minimum atomic E-state index is 0.539. The Morgan fingerprint density at radius 1 is 1.36 bits per heavy atom. The Balaban J connectivity index is 1.80. The van der Waals surface area contributed by atoms with Crippen LogP contribution in [0.5, 0.6) is 0 Å². The Labute approximate surface area is 163 Å². The van der Waals surface area contributed by atoms with Crippen molar-refractivity contribution in [2.75, 3.05) is 19.4 Å². The third kappa shape index (κ3) is 4.01. The molecule has 1 N–H and O–H groups in total. The fourth-order valence-electron chi connectivity index (χ4n) is 3.72. The number of nitrogens with one attached hydrogen (secondary N) is 1. The van der Waals surface area contributed by atoms with Crippen LogP contribution in [0, 0.1) is 15.0 Å². The van der Waals surface area contributed by atoms with E-state index in [1.165, 1.54) is 36.8 Å². The number of aromatic nitrogens is 1. The van der Waals surface area contributed by atoms with Gasteiger partial charge >= 0.3 is 0 Å². The average molecular weight is 448 g/mol. The SMILES string of the molecule is C=C(C#N)Cn1c(I)cc2c(NC3CCC(N(C)C)CC3)cccc21. The summed E-state index contributed by atoms with van der Waals surface area (Å²) in [6.07, 6.45) is 4.92. The maximum Gasteiger partial charge on any atom is 0.0960 e. The van der Waals surface area contributed by atoms with E-state index in [0.717, 1.165) is 9.22 Å². The van der Waals surface area contributed by atoms with Crippen LogP contribution in [0.4, 0.5) is 5.69 Å². The first-order chi connectivity index (χ1) is 12.0. The first kappa shape index (κ1) is 18.3. The highest BCUT2D eigenvalue weighted by atomic mass is 127. The van der Waals surface area contributed by atoms with Crippen molar-refractivity contribution in [1.82, 2.24) is 9.47 Å². The van der Waals surface area contributed by atoms with Gasteiger partial charge in [-0.1, -0.05) is 12.6 Å². The van der Waals surface area contributed by atoms with Gasteiger partial charge in [-0.25, -0.2) is 0 Å². The summed E-state index contributed by atoms with van der Waals surface area (Å²) in [5.41, 5.74) is 2.94. The highest BCUT2D eigenvalue weighted by Crippen LogP contribution is 2.31. The molecular formula is C20H25IN4. The third-order valence-corrected chi connectivity index (χ3v) is 6.08. The summed E-state index contributed by atoms with van der Waals surface area (Å²) in [6, 6.07) is 12.0. The molecule has 0 bridgehead atoms. The standard InChI is InChI=1S/C20H25IN4/c1-14(12-22)13-25-19-6-4-5-18(17(19)11-20(25)21)23-15-7-9-16(10-8-15)24(2)3/h4-6,11,15-16,23H,1,7-10,13H2,2-3H3. The maximum atomic E-state index is 9.05. The van der Waals surface area contributed by atoms with E-state index in [1.54, 1.807) is 0 Å². The third-order valence-electron chi connectivity index (χ3n) is 5.19. The van der Waals surface area contributed by atoms with Gasteiger partial charge in [-0.3, -0.25) is 0 Å². The van der Waals surface area contributed by atoms with Gasteiger partial charge in [-0.15, -0.1) is 0 Å². The van der Waals surface area contributed by atoms with Crippen LogP contribution in [0.2, 0.25) is 0 Å². The summed E-state index contributed by atoms with van der Waals surface area (Å²) < 4.78 is 3.30. The quantitative estimate of drug-likeness (QED) is 0.537. The molecule has 0 saturated heterocycles. The molecule has 5 heteroatoms. The van der Waals surface area contributed by atoms with Crippen LogP contribution in [-0.2, 0) is 6.54 Å². The number of allylic oxidation sites excluding steroid dienone is 1. The first-order valence-corrected chi connectivity index (χ1v) is 9.86. The molecule has 1 aromatic heterocycles. The lowest BCUT2D eigenvalue weighted by atomic mass is 9.90. The number of nitriles is 1. The summed E-state index contributed by atoms with van der Waals surface area (Å²) in [4.78, 5) is 2.35. The summed E-state index contributed by atoms with van der Waals surface area (Å²) >= 11 is 2.34. The average Bonchev–Trinajstić information content (AvgIpc) is 2.92. The molecule has 2 aromatic rings. The topological polar surface area (TPSA) is 44.0 Å². The lowest BCUT2D eigenvalue weighted by molar-refractivity contribution is 0.221. The highest BCUT2D eigenvalue weighted by Gasteiger charge is 2.23. The Morgan fingerprint density at radius 2 is 2.08 bits per heavy atom. The number of halogens is 1. The molecule has 0 spiro atoms. The molecule has 1 heterocycles. The van der Waals surface area contributed by atoms with E-state index >= 15 is 0 Å². The van der Waals surface area contributed by atoms with E-state index in [2.05, 4.69) is 88.4 Å². The van der Waals surface area contributed by atoms with Crippen molar-refractivity contribution in [3.05, 3.63) is 40.1 Å². The number of hydrogen-bond acceptors (Lipinski definition) is 3. The molecule has 1 aliphatic rings. The van der Waals surface area contributed by atoms with Gasteiger partial charge in [0.05, 0.1) is 21.8 Å². The van der Waals surface area contributed by atoms with E-state index in [9.17, 15) is 0 Å². The Morgan fingerprint density at radius 3 is 2.72 bits per heavy atom. The van der Waals surface area contributed by atoms with E-state index in [-0.39, 0.29) is 0 Å². The lowest BCUT2D eigenvalue weighted by Gasteiger charge is -2.33. The van der Waals surface area contributed by atoms with Crippen molar-refractivity contribution in [3.8, 4) is 6.07 Å². The number of rotatable bonds is 5. The van der Waals surface area contributed by atoms with Crippen LogP contribution in [0.3, 0.4) is 0 Å². The van der Waals surface area contributed by atoms with Crippen LogP contribution in [0.1, 0.15) is 25.7 Å². The molecule has 0 amide bonds. The van der Waals surface area contributed by atoms with E-state index in [4.69, 9.17) is 5.26 Å². The van der Waals surface area contributed by atoms with Crippen LogP contribution < -0.4 is 5.32 Å². The zero-order valence-electron chi connectivity index (χ0n) is 14.9. The second-order valence-electron chi connectivity index (χ2n) is 7.12. The number of hydrogen-bond donors (Lipinski definition) is 1. The van der Waals surface area contributed by atoms with Crippen LogP contribution in [0.15, 0.2) is 36.4 Å². The zero-order valence-corrected chi connectivity index (χ0v) is 17.1. The van der Waals surface area contributed by atoms with Crippen molar-refractivity contribution < 1.29 is 0 Å². The van der Waals surface area contributed by atoms with Gasteiger partial charge < -0.3 is 14.8 Å². The van der Waals surface area contributed by atoms with Gasteiger partial charge in [0, 0.05) is 28.7 Å². The first-order valence-electron chi connectivity index (χ1n) is 8.78. The molecule has 3 rings (SSSR count). The van der Waals surface area contributed by atoms with Crippen LogP contribution in [-0.4, -0.2) is 35.6 Å². The summed E-state index contributed by atoms with van der Waals surface area (Å²) in [5, 5.41) is 14.0. The number of anilines is 1. The van der Waals surface area contributed by atoms with Gasteiger partial charge in [-0.05, 0) is 80.6 Å². The molecule has 0 unspecified atom stereocenters. The Bertz CT molecular complexity index is 807. The second-order valence-corrected chi connectivity index (χ2v) is 8.23. The van der Waals surface area contributed by atoms with E-state index < -0.39 is 0 Å². The normalized spacial score (nSPS) is 20.6. The summed E-state index contributed by atoms with van der Waals surface area (Å²) in [6.45, 7) is 4.38. The van der Waals surface area contributed by atoms with Crippen molar-refractivity contribution in [2.45, 2.75) is 44.3 Å². The van der Waals surface area contributed by atoms with E-state index in [0.29, 0.717) is 24.2 Å². The molecule has 1 saturated carbocycles. The summed E-state index contributed by atoms with van der Waals surface area (Å²) in [5.74, 6) is 0. The van der Waals surface area contributed by atoms with Gasteiger partial charge in [0.2, 0.25) is 0 Å². The maximum absolute atomic E-state index is 9.05. The highest BCUT2D eigenvalue weighted by molar-refractivity contribution is 14.1. The number of benzene rings is 1. The molecule has 1 aromatic carbocycles. The van der Waals surface area contributed by atoms with Gasteiger partial charge in [-0.2, -0.15) is 5.26 Å². The van der Waals surface area contributed by atoms with Gasteiger partial charge in [0.25, 0.3) is 0 Å². The molecule has 1 aliphatic carbocycles. The molecule has 25 heavy (non-hydrogen) atoms. The van der Waals surface area contributed by atoms with E-state index in [1.807, 2.05) is 0 Å². The van der Waals surface area contributed by atoms with Crippen molar-refractivity contribution in [3.63, 3.8) is 0 Å². The summed E-state index contributed by atoms with van der Waals surface area (Å²) in [7, 11) is 4.36. The van der Waals surface area contributed by atoms with Crippen molar-refractivity contribution >= 4 is 39.2 Å². The predicted molar refractivity (Wildman–Crippen MR) is 113 cm³/mol. The molecular weight excluding hydrogens is 423 g/mol. The predicted octanol–water partition coefficient (Wildman–Crippen LogP) is 4.61. The van der Waals surface area contributed by atoms with Crippen molar-refractivity contribution in [2.24, 2.45) is 0 Å². The van der Waals surface area contributed by atoms with Gasteiger partial charge in [0.15, 0.2) is 0 Å². The van der Waals surface area contributed by atoms with Crippen LogP contribution in [0.25, 0.3) is 10.9 Å². The molecule has 4 nitrogen and oxygen atoms in total. The van der Waals surface area contributed by atoms with Gasteiger partial charge in [0.1, 0.15) is 0 Å². The molecule has 0 radical (unpaired) electrons. The number of fused-ring (bicyclic) bond motifs is 1. The largest absolute Gasteiger partial charge is 0.382 e. The minimum absolute atomic E-state index is 0.539. The fourth-order valence-corrected chi connectivity index (χ4v) is 4.46. The molecule has 0 aliphatic heterocycles. The smallest absolute Gasteiger partial charge is 0.0960 e. The Kier molecular flexibility index (Phi) is 5.70. The lowest BCUT2D eigenvalue weighted by Crippen LogP contribution is -2.36. The molecule has 0 atom stereocenters. The zero-order chi connectivity index (χ0) is 18.0. The number of nitrogens with zero attached hydrogens (tertiary/aromatic N) is 3. The molecule has 132 valence electrons. The Hall–Kier alpha value is -1.52. The minimum Gasteiger partial charge on any atom is -0.382 e. The second kappa shape index (κ2) is 7.79. The fraction of sp³-hybridized carbons (Fsp3) is 0.450.